The third-order valence-corrected chi connectivity index (χ3v) is 1.74. The van der Waals surface area contributed by atoms with E-state index in [0.717, 1.165) is 11.0 Å². The molecule has 0 heterocycles. The molecule has 2 N–H and O–H groups in total. The zero-order valence-corrected chi connectivity index (χ0v) is 7.41. The van der Waals surface area contributed by atoms with E-state index in [1.54, 1.807) is 0 Å². The second kappa shape index (κ2) is 5.26. The highest BCUT2D eigenvalue weighted by Gasteiger charge is 2.17. The van der Waals surface area contributed by atoms with Crippen LogP contribution in [0.4, 0.5) is 0 Å². The normalized spacial score (nSPS) is 12.2. The molecule has 1 atom stereocenters. The van der Waals surface area contributed by atoms with Gasteiger partial charge in [0.15, 0.2) is 0 Å². The van der Waals surface area contributed by atoms with Crippen molar-refractivity contribution in [3.8, 4) is 0 Å². The molecule has 0 bridgehead atoms. The van der Waals surface area contributed by atoms with Crippen LogP contribution in [0.5, 0.6) is 0 Å². The molecular formula is C5H8ClNO3S. The van der Waals surface area contributed by atoms with Crippen LogP contribution in [-0.4, -0.2) is 28.8 Å². The number of nitrogens with one attached hydrogen (secondary N) is 1. The molecule has 1 unspecified atom stereocenters. The van der Waals surface area contributed by atoms with Crippen LogP contribution in [0.25, 0.3) is 0 Å². The van der Waals surface area contributed by atoms with Gasteiger partial charge in [0.25, 0.3) is 0 Å². The predicted molar refractivity (Wildman–Crippen MR) is 43.6 cm³/mol. The van der Waals surface area contributed by atoms with Crippen LogP contribution in [0, 0.1) is 0 Å². The highest BCUT2D eigenvalue weighted by Crippen LogP contribution is 2.07. The Morgan fingerprint density at radius 3 is 2.55 bits per heavy atom. The molecule has 64 valence electrons. The summed E-state index contributed by atoms with van der Waals surface area (Å²) in [5, 5.41) is 10.7. The number of carbonyl (C=O) groups excluding carboxylic acids is 1. The maximum atomic E-state index is 10.4. The van der Waals surface area contributed by atoms with Crippen molar-refractivity contribution in [2.75, 3.05) is 5.75 Å². The molecule has 11 heavy (non-hydrogen) atoms. The highest BCUT2D eigenvalue weighted by atomic mass is 35.7. The highest BCUT2D eigenvalue weighted by molar-refractivity contribution is 8.21. The molecule has 1 amide bonds. The van der Waals surface area contributed by atoms with Gasteiger partial charge < -0.3 is 10.4 Å². The van der Waals surface area contributed by atoms with E-state index < -0.39 is 12.0 Å². The quantitative estimate of drug-likeness (QED) is 0.688. The van der Waals surface area contributed by atoms with Crippen LogP contribution in [-0.2, 0) is 9.59 Å². The minimum atomic E-state index is -1.08. The molecule has 0 aliphatic heterocycles. The van der Waals surface area contributed by atoms with Crippen molar-refractivity contribution in [3.05, 3.63) is 0 Å². The van der Waals surface area contributed by atoms with E-state index in [4.69, 9.17) is 15.8 Å². The molecular weight excluding hydrogens is 190 g/mol. The van der Waals surface area contributed by atoms with Crippen LogP contribution in [0.2, 0.25) is 0 Å². The largest absolute Gasteiger partial charge is 0.480 e. The molecule has 0 rings (SSSR count). The third-order valence-electron chi connectivity index (χ3n) is 0.905. The monoisotopic (exact) mass is 197 g/mol. The van der Waals surface area contributed by atoms with E-state index in [2.05, 4.69) is 5.32 Å². The number of halogens is 1. The molecule has 0 spiro atoms. The van der Waals surface area contributed by atoms with E-state index >= 15 is 0 Å². The third kappa shape index (κ3) is 4.92. The molecule has 0 saturated carbocycles. The van der Waals surface area contributed by atoms with Gasteiger partial charge in [0.05, 0.1) is 0 Å². The number of rotatable bonds is 4. The summed E-state index contributed by atoms with van der Waals surface area (Å²) in [6.07, 6.45) is 0. The molecule has 0 fully saturated rings. The van der Waals surface area contributed by atoms with Crippen LogP contribution in [0.15, 0.2) is 0 Å². The number of amides is 1. The lowest BCUT2D eigenvalue weighted by molar-refractivity contribution is -0.140. The van der Waals surface area contributed by atoms with E-state index in [9.17, 15) is 9.59 Å². The smallest absolute Gasteiger partial charge is 0.327 e. The second-order valence-corrected chi connectivity index (χ2v) is 3.07. The van der Waals surface area contributed by atoms with Gasteiger partial charge in [-0.2, -0.15) is 0 Å². The first-order valence-corrected chi connectivity index (χ1v) is 4.62. The topological polar surface area (TPSA) is 66.4 Å². The zero-order chi connectivity index (χ0) is 8.85. The van der Waals surface area contributed by atoms with Crippen LogP contribution in [0.1, 0.15) is 6.92 Å². The van der Waals surface area contributed by atoms with E-state index in [1.807, 2.05) is 0 Å². The maximum absolute atomic E-state index is 10.4. The molecule has 0 saturated heterocycles. The molecule has 0 radical (unpaired) electrons. The Morgan fingerprint density at radius 2 is 2.27 bits per heavy atom. The Labute approximate surface area is 72.8 Å². The number of aliphatic carboxylic acids is 1. The summed E-state index contributed by atoms with van der Waals surface area (Å²) >= 11 is 0. The van der Waals surface area contributed by atoms with Gasteiger partial charge in [-0.25, -0.2) is 4.79 Å². The van der Waals surface area contributed by atoms with Crippen LogP contribution < -0.4 is 5.32 Å². The van der Waals surface area contributed by atoms with Gasteiger partial charge in [0, 0.05) is 12.7 Å². The summed E-state index contributed by atoms with van der Waals surface area (Å²) in [4.78, 5) is 20.7. The number of hydrogen-bond donors (Lipinski definition) is 2. The summed E-state index contributed by atoms with van der Waals surface area (Å²) in [6, 6.07) is -0.894. The van der Waals surface area contributed by atoms with Gasteiger partial charge in [-0.05, 0) is 10.7 Å². The Kier molecular flexibility index (Phi) is 5.06. The SMILES string of the molecule is CC(=O)NC(CSCl)C(=O)O. The van der Waals surface area contributed by atoms with Crippen molar-refractivity contribution in [2.45, 2.75) is 13.0 Å². The molecule has 0 aliphatic carbocycles. The van der Waals surface area contributed by atoms with Crippen molar-refractivity contribution >= 4 is 33.5 Å². The molecule has 4 nitrogen and oxygen atoms in total. The summed E-state index contributed by atoms with van der Waals surface area (Å²) < 4.78 is 0. The average molecular weight is 198 g/mol. The molecule has 0 aliphatic rings. The summed E-state index contributed by atoms with van der Waals surface area (Å²) in [6.45, 7) is 1.26. The van der Waals surface area contributed by atoms with Crippen molar-refractivity contribution in [3.63, 3.8) is 0 Å². The van der Waals surface area contributed by atoms with Gasteiger partial charge >= 0.3 is 5.97 Å². The summed E-state index contributed by atoms with van der Waals surface area (Å²) in [5.41, 5.74) is 0. The van der Waals surface area contributed by atoms with Crippen molar-refractivity contribution in [1.82, 2.24) is 5.32 Å². The first-order valence-electron chi connectivity index (χ1n) is 2.81. The standard InChI is InChI=1S/C5H8ClNO3S/c1-3(8)7-4(2-11-6)5(9)10/h4H,2H2,1H3,(H,7,8)(H,9,10). The fraction of sp³-hybridized carbons (Fsp3) is 0.600. The van der Waals surface area contributed by atoms with E-state index in [1.165, 1.54) is 6.92 Å². The van der Waals surface area contributed by atoms with Crippen LogP contribution in [0.3, 0.4) is 0 Å². The molecule has 0 aromatic heterocycles. The number of carboxylic acid groups (broad SMARTS) is 1. The lowest BCUT2D eigenvalue weighted by atomic mass is 10.3. The fourth-order valence-corrected chi connectivity index (χ4v) is 1.21. The summed E-state index contributed by atoms with van der Waals surface area (Å²) in [7, 11) is 6.08. The zero-order valence-electron chi connectivity index (χ0n) is 5.83. The van der Waals surface area contributed by atoms with Crippen molar-refractivity contribution < 1.29 is 14.7 Å². The lowest BCUT2D eigenvalue weighted by Crippen LogP contribution is -2.41. The van der Waals surface area contributed by atoms with Crippen molar-refractivity contribution in [2.24, 2.45) is 0 Å². The number of carbonyl (C=O) groups is 2. The predicted octanol–water partition coefficient (Wildman–Crippen LogP) is 0.463. The first kappa shape index (κ1) is 10.6. The van der Waals surface area contributed by atoms with Crippen molar-refractivity contribution in [1.29, 1.82) is 0 Å². The van der Waals surface area contributed by atoms with E-state index in [-0.39, 0.29) is 11.7 Å². The van der Waals surface area contributed by atoms with Crippen LogP contribution >= 0.6 is 21.7 Å². The van der Waals surface area contributed by atoms with Gasteiger partial charge in [-0.15, -0.1) is 0 Å². The fourth-order valence-electron chi connectivity index (χ4n) is 0.483. The minimum Gasteiger partial charge on any atom is -0.480 e. The van der Waals surface area contributed by atoms with Gasteiger partial charge in [-0.3, -0.25) is 4.79 Å². The average Bonchev–Trinajstić information content (AvgIpc) is 1.86. The number of hydrogen-bond acceptors (Lipinski definition) is 3. The maximum Gasteiger partial charge on any atom is 0.327 e. The lowest BCUT2D eigenvalue weighted by Gasteiger charge is -2.09. The first-order chi connectivity index (χ1) is 5.07. The van der Waals surface area contributed by atoms with Gasteiger partial charge in [-0.1, -0.05) is 11.0 Å². The molecule has 0 aromatic rings. The number of carboxylic acids is 1. The molecule has 6 heteroatoms. The minimum absolute atomic E-state index is 0.163. The Morgan fingerprint density at radius 1 is 1.73 bits per heavy atom. The molecule has 0 aromatic carbocycles. The van der Waals surface area contributed by atoms with E-state index in [0.29, 0.717) is 0 Å². The Bertz CT molecular complexity index is 164. The summed E-state index contributed by atoms with van der Waals surface area (Å²) in [5.74, 6) is -1.28. The Balaban J connectivity index is 3.89. The second-order valence-electron chi connectivity index (χ2n) is 1.87. The Hall–Kier alpha value is -0.420. The van der Waals surface area contributed by atoms with Gasteiger partial charge in [0.2, 0.25) is 5.91 Å². The van der Waals surface area contributed by atoms with Gasteiger partial charge in [0.1, 0.15) is 6.04 Å².